The topological polar surface area (TPSA) is 18.5 Å². The van der Waals surface area contributed by atoms with E-state index in [1.165, 1.54) is 0 Å². The molecule has 0 aromatic rings. The van der Waals surface area contributed by atoms with E-state index in [0.29, 0.717) is 0 Å². The number of alkyl halides is 1. The van der Waals surface area contributed by atoms with E-state index >= 15 is 0 Å². The highest BCUT2D eigenvalue weighted by Gasteiger charge is 2.29. The molecule has 0 amide bonds. The maximum Gasteiger partial charge on any atom is 0.334 e. The molecule has 0 aromatic heterocycles. The van der Waals surface area contributed by atoms with E-state index in [4.69, 9.17) is 20.5 Å². The van der Waals surface area contributed by atoms with Gasteiger partial charge in [-0.05, 0) is 46.2 Å². The van der Waals surface area contributed by atoms with E-state index in [1.807, 2.05) is 20.8 Å². The zero-order valence-electron chi connectivity index (χ0n) is 9.81. The van der Waals surface area contributed by atoms with Gasteiger partial charge >= 0.3 is 8.56 Å². The van der Waals surface area contributed by atoms with Crippen molar-refractivity contribution in [2.24, 2.45) is 0 Å². The van der Waals surface area contributed by atoms with Crippen LogP contribution in [0.2, 0.25) is 12.6 Å². The monoisotopic (exact) mass is 238 g/mol. The zero-order chi connectivity index (χ0) is 11.0. The predicted octanol–water partition coefficient (Wildman–Crippen LogP) is 3.54. The van der Waals surface area contributed by atoms with E-state index in [2.05, 4.69) is 6.55 Å². The van der Waals surface area contributed by atoms with Crippen molar-refractivity contribution in [1.29, 1.82) is 0 Å². The van der Waals surface area contributed by atoms with Gasteiger partial charge < -0.3 is 8.85 Å². The molecule has 0 fully saturated rings. The van der Waals surface area contributed by atoms with Crippen molar-refractivity contribution in [3.05, 3.63) is 0 Å². The van der Waals surface area contributed by atoms with Crippen LogP contribution in [-0.2, 0) is 8.85 Å². The Hall–Kier alpha value is 0.427. The Balaban J connectivity index is 3.83. The lowest BCUT2D eigenvalue weighted by molar-refractivity contribution is 0.188. The molecule has 0 spiro atoms. The summed E-state index contributed by atoms with van der Waals surface area (Å²) in [4.78, 5) is 0. The second-order valence-corrected chi connectivity index (χ2v) is 7.76. The minimum absolute atomic E-state index is 0.261. The highest BCUT2D eigenvalue weighted by molar-refractivity contribution is 6.66. The molecule has 0 saturated heterocycles. The third-order valence-corrected chi connectivity index (χ3v) is 5.41. The third kappa shape index (κ3) is 6.82. The maximum atomic E-state index is 5.89. The fraction of sp³-hybridized carbons (Fsp3) is 1.00. The van der Waals surface area contributed by atoms with Gasteiger partial charge in [-0.3, -0.25) is 0 Å². The first-order valence-electron chi connectivity index (χ1n) is 5.46. The summed E-state index contributed by atoms with van der Waals surface area (Å²) >= 11 is 5.89. The zero-order valence-corrected chi connectivity index (χ0v) is 11.6. The minimum atomic E-state index is -1.87. The van der Waals surface area contributed by atoms with Crippen LogP contribution in [0.5, 0.6) is 0 Å². The van der Waals surface area contributed by atoms with Crippen LogP contribution in [0.1, 0.15) is 33.6 Å². The summed E-state index contributed by atoms with van der Waals surface area (Å²) in [6, 6.07) is 1.05. The fourth-order valence-corrected chi connectivity index (χ4v) is 4.10. The van der Waals surface area contributed by atoms with Crippen LogP contribution in [0.15, 0.2) is 0 Å². The van der Waals surface area contributed by atoms with Gasteiger partial charge in [0.2, 0.25) is 0 Å². The van der Waals surface area contributed by atoms with Gasteiger partial charge in [0.25, 0.3) is 0 Å². The lowest BCUT2D eigenvalue weighted by Gasteiger charge is -2.26. The summed E-state index contributed by atoms with van der Waals surface area (Å²) in [5, 5.41) is 0.261. The van der Waals surface area contributed by atoms with Gasteiger partial charge in [0.15, 0.2) is 0 Å². The van der Waals surface area contributed by atoms with E-state index < -0.39 is 8.56 Å². The standard InChI is InChI=1S/C10H23ClO2Si/c1-5-12-14(4,13-6-2)9-7-8-10(3)11/h10H,5-9H2,1-4H3. The first-order chi connectivity index (χ1) is 6.54. The van der Waals surface area contributed by atoms with E-state index in [-0.39, 0.29) is 5.38 Å². The molecule has 2 nitrogen and oxygen atoms in total. The van der Waals surface area contributed by atoms with Crippen LogP contribution in [0.4, 0.5) is 0 Å². The van der Waals surface area contributed by atoms with Crippen molar-refractivity contribution in [2.45, 2.75) is 51.6 Å². The largest absolute Gasteiger partial charge is 0.395 e. The van der Waals surface area contributed by atoms with E-state index in [9.17, 15) is 0 Å². The van der Waals surface area contributed by atoms with Crippen LogP contribution in [-0.4, -0.2) is 27.2 Å². The average molecular weight is 239 g/mol. The Morgan fingerprint density at radius 2 is 1.71 bits per heavy atom. The molecule has 0 heterocycles. The molecule has 0 rings (SSSR count). The normalized spacial score (nSPS) is 14.4. The molecule has 0 aliphatic rings. The van der Waals surface area contributed by atoms with Crippen LogP contribution in [0, 0.1) is 0 Å². The quantitative estimate of drug-likeness (QED) is 0.476. The summed E-state index contributed by atoms with van der Waals surface area (Å²) < 4.78 is 11.5. The van der Waals surface area contributed by atoms with Gasteiger partial charge in [-0.1, -0.05) is 0 Å². The third-order valence-electron chi connectivity index (χ3n) is 2.13. The van der Waals surface area contributed by atoms with E-state index in [0.717, 1.165) is 32.1 Å². The molecule has 14 heavy (non-hydrogen) atoms. The average Bonchev–Trinajstić information content (AvgIpc) is 2.03. The lowest BCUT2D eigenvalue weighted by atomic mass is 10.3. The summed E-state index contributed by atoms with van der Waals surface area (Å²) in [5.74, 6) is 0. The highest BCUT2D eigenvalue weighted by atomic mass is 35.5. The van der Waals surface area contributed by atoms with Gasteiger partial charge in [0.05, 0.1) is 0 Å². The molecule has 0 aliphatic heterocycles. The molecular weight excluding hydrogens is 216 g/mol. The maximum absolute atomic E-state index is 5.89. The molecule has 0 bridgehead atoms. The summed E-state index contributed by atoms with van der Waals surface area (Å²) in [5.41, 5.74) is 0. The van der Waals surface area contributed by atoms with Crippen molar-refractivity contribution in [2.75, 3.05) is 13.2 Å². The molecule has 0 aliphatic carbocycles. The first kappa shape index (κ1) is 14.4. The van der Waals surface area contributed by atoms with Crippen molar-refractivity contribution in [3.63, 3.8) is 0 Å². The molecular formula is C10H23ClO2Si. The van der Waals surface area contributed by atoms with Gasteiger partial charge in [-0.25, -0.2) is 0 Å². The number of rotatable bonds is 8. The van der Waals surface area contributed by atoms with Gasteiger partial charge in [-0.2, -0.15) is 0 Å². The lowest BCUT2D eigenvalue weighted by Crippen LogP contribution is -2.38. The molecule has 1 atom stereocenters. The summed E-state index contributed by atoms with van der Waals surface area (Å²) in [7, 11) is -1.87. The van der Waals surface area contributed by atoms with Crippen LogP contribution >= 0.6 is 11.6 Å². The molecule has 86 valence electrons. The molecule has 0 aromatic carbocycles. The fourth-order valence-electron chi connectivity index (χ4n) is 1.50. The second-order valence-electron chi connectivity index (χ2n) is 3.67. The Labute approximate surface area is 94.2 Å². The summed E-state index contributed by atoms with van der Waals surface area (Å²) in [6.45, 7) is 9.71. The van der Waals surface area contributed by atoms with Crippen LogP contribution in [0.25, 0.3) is 0 Å². The Kier molecular flexibility index (Phi) is 7.92. The molecule has 0 saturated carbocycles. The second kappa shape index (κ2) is 7.68. The highest BCUT2D eigenvalue weighted by Crippen LogP contribution is 2.18. The van der Waals surface area contributed by atoms with Gasteiger partial charge in [0, 0.05) is 18.6 Å². The van der Waals surface area contributed by atoms with E-state index in [1.54, 1.807) is 0 Å². The molecule has 0 radical (unpaired) electrons. The SMILES string of the molecule is CCO[Si](C)(CCCC(C)Cl)OCC. The van der Waals surface area contributed by atoms with Gasteiger partial charge in [0.1, 0.15) is 0 Å². The van der Waals surface area contributed by atoms with Crippen molar-refractivity contribution in [3.8, 4) is 0 Å². The summed E-state index contributed by atoms with van der Waals surface area (Å²) in [6.07, 6.45) is 2.15. The van der Waals surface area contributed by atoms with Crippen molar-refractivity contribution >= 4 is 20.2 Å². The van der Waals surface area contributed by atoms with Crippen molar-refractivity contribution < 1.29 is 8.85 Å². The van der Waals surface area contributed by atoms with Crippen molar-refractivity contribution in [1.82, 2.24) is 0 Å². The predicted molar refractivity (Wildman–Crippen MR) is 64.2 cm³/mol. The minimum Gasteiger partial charge on any atom is -0.395 e. The first-order valence-corrected chi connectivity index (χ1v) is 8.42. The molecule has 4 heteroatoms. The number of hydrogen-bond donors (Lipinski definition) is 0. The Morgan fingerprint density at radius 1 is 1.21 bits per heavy atom. The number of hydrogen-bond acceptors (Lipinski definition) is 2. The Morgan fingerprint density at radius 3 is 2.07 bits per heavy atom. The number of halogens is 1. The molecule has 1 unspecified atom stereocenters. The molecule has 0 N–H and O–H groups in total. The van der Waals surface area contributed by atoms with Crippen LogP contribution < -0.4 is 0 Å². The smallest absolute Gasteiger partial charge is 0.334 e. The van der Waals surface area contributed by atoms with Crippen LogP contribution in [0.3, 0.4) is 0 Å². The Bertz CT molecular complexity index is 136. The van der Waals surface area contributed by atoms with Gasteiger partial charge in [-0.15, -0.1) is 11.6 Å².